The fourth-order valence-corrected chi connectivity index (χ4v) is 1.25. The fraction of sp³-hybridized carbons (Fsp3) is 0.333. The highest BCUT2D eigenvalue weighted by molar-refractivity contribution is 5.33. The summed E-state index contributed by atoms with van der Waals surface area (Å²) in [6.45, 7) is 0.769. The van der Waals surface area contributed by atoms with Gasteiger partial charge in [-0.25, -0.2) is 0 Å². The van der Waals surface area contributed by atoms with Crippen LogP contribution in [-0.4, -0.2) is 21.3 Å². The molecule has 6 heteroatoms. The molecule has 0 saturated heterocycles. The number of aromatic nitrogens is 3. The highest BCUT2D eigenvalue weighted by atomic mass is 16.3. The summed E-state index contributed by atoms with van der Waals surface area (Å²) >= 11 is 0. The number of furan rings is 1. The smallest absolute Gasteiger partial charge is 0.225 e. The molecule has 0 unspecified atom stereocenters. The highest BCUT2D eigenvalue weighted by Gasteiger charge is 2.03. The average molecular weight is 207 g/mol. The third-order valence-electron chi connectivity index (χ3n) is 2.19. The predicted octanol–water partition coefficient (Wildman–Crippen LogP) is 0.645. The topological polar surface area (TPSA) is 81.9 Å². The van der Waals surface area contributed by atoms with Crippen LogP contribution in [0.2, 0.25) is 0 Å². The molecule has 2 heterocycles. The molecule has 0 saturated carbocycles. The summed E-state index contributed by atoms with van der Waals surface area (Å²) in [6, 6.07) is 1.94. The second kappa shape index (κ2) is 4.04. The lowest BCUT2D eigenvalue weighted by molar-refractivity contribution is 0.564. The fourth-order valence-electron chi connectivity index (χ4n) is 1.25. The summed E-state index contributed by atoms with van der Waals surface area (Å²) in [5, 5.41) is 10.8. The summed E-state index contributed by atoms with van der Waals surface area (Å²) in [7, 11) is 1.81. The predicted molar refractivity (Wildman–Crippen MR) is 56.3 cm³/mol. The zero-order valence-corrected chi connectivity index (χ0v) is 8.47. The van der Waals surface area contributed by atoms with Gasteiger partial charge in [0.05, 0.1) is 12.5 Å². The molecule has 2 aromatic heterocycles. The maximum absolute atomic E-state index is 5.54. The van der Waals surface area contributed by atoms with Gasteiger partial charge in [0.25, 0.3) is 0 Å². The molecular formula is C9H13N5O. The summed E-state index contributed by atoms with van der Waals surface area (Å²) in [5.41, 5.74) is 6.69. The Kier molecular flexibility index (Phi) is 2.57. The van der Waals surface area contributed by atoms with E-state index in [1.807, 2.05) is 13.1 Å². The zero-order valence-electron chi connectivity index (χ0n) is 8.47. The van der Waals surface area contributed by atoms with E-state index in [0.717, 1.165) is 18.5 Å². The van der Waals surface area contributed by atoms with Crippen LogP contribution in [0.3, 0.4) is 0 Å². The van der Waals surface area contributed by atoms with Crippen molar-refractivity contribution < 1.29 is 4.42 Å². The quantitative estimate of drug-likeness (QED) is 0.769. The van der Waals surface area contributed by atoms with Crippen LogP contribution in [0.25, 0.3) is 0 Å². The lowest BCUT2D eigenvalue weighted by Gasteiger charge is -2.03. The van der Waals surface area contributed by atoms with Gasteiger partial charge >= 0.3 is 0 Å². The zero-order chi connectivity index (χ0) is 10.7. The first-order valence-electron chi connectivity index (χ1n) is 4.67. The molecule has 0 aliphatic rings. The second-order valence-electron chi connectivity index (χ2n) is 3.25. The first-order valence-corrected chi connectivity index (χ1v) is 4.67. The van der Waals surface area contributed by atoms with Gasteiger partial charge in [-0.1, -0.05) is 0 Å². The Balaban J connectivity index is 1.86. The van der Waals surface area contributed by atoms with Crippen LogP contribution in [-0.2, 0) is 13.5 Å². The molecule has 0 amide bonds. The van der Waals surface area contributed by atoms with E-state index in [1.165, 1.54) is 0 Å². The number of hydrogen-bond acceptors (Lipinski definition) is 5. The van der Waals surface area contributed by atoms with Crippen LogP contribution in [0.4, 0.5) is 11.9 Å². The molecule has 0 aliphatic heterocycles. The van der Waals surface area contributed by atoms with Crippen molar-refractivity contribution in [1.29, 1.82) is 0 Å². The molecule has 0 aromatic carbocycles. The Morgan fingerprint density at radius 3 is 3.00 bits per heavy atom. The summed E-state index contributed by atoms with van der Waals surface area (Å²) < 4.78 is 6.67. The Morgan fingerprint density at radius 2 is 2.40 bits per heavy atom. The van der Waals surface area contributed by atoms with Gasteiger partial charge in [-0.2, -0.15) is 0 Å². The summed E-state index contributed by atoms with van der Waals surface area (Å²) in [4.78, 5) is 0. The van der Waals surface area contributed by atoms with E-state index in [2.05, 4.69) is 15.5 Å². The minimum atomic E-state index is 0.404. The normalized spacial score (nSPS) is 10.5. The van der Waals surface area contributed by atoms with E-state index in [9.17, 15) is 0 Å². The van der Waals surface area contributed by atoms with Crippen LogP contribution >= 0.6 is 0 Å². The Labute approximate surface area is 87.1 Å². The number of rotatable bonds is 4. The van der Waals surface area contributed by atoms with Gasteiger partial charge in [0.1, 0.15) is 0 Å². The van der Waals surface area contributed by atoms with Crippen molar-refractivity contribution >= 4 is 11.9 Å². The summed E-state index contributed by atoms with van der Waals surface area (Å²) in [5.74, 6) is 1.08. The molecular weight excluding hydrogens is 194 g/mol. The Hall–Kier alpha value is -1.98. The second-order valence-corrected chi connectivity index (χ2v) is 3.25. The SMILES string of the molecule is Cn1c(N)nnc1NCCc1ccoc1. The number of nitrogens with zero attached hydrogens (tertiary/aromatic N) is 3. The van der Waals surface area contributed by atoms with Gasteiger partial charge in [0.2, 0.25) is 11.9 Å². The van der Waals surface area contributed by atoms with E-state index in [4.69, 9.17) is 10.2 Å². The molecule has 0 atom stereocenters. The van der Waals surface area contributed by atoms with Crippen LogP contribution in [0.5, 0.6) is 0 Å². The molecule has 2 rings (SSSR count). The van der Waals surface area contributed by atoms with E-state index in [1.54, 1.807) is 17.1 Å². The third kappa shape index (κ3) is 2.09. The number of hydrogen-bond donors (Lipinski definition) is 2. The van der Waals surface area contributed by atoms with Crippen molar-refractivity contribution in [3.05, 3.63) is 24.2 Å². The lowest BCUT2D eigenvalue weighted by atomic mass is 10.2. The van der Waals surface area contributed by atoms with Crippen molar-refractivity contribution in [2.75, 3.05) is 17.6 Å². The van der Waals surface area contributed by atoms with Gasteiger partial charge in [-0.3, -0.25) is 4.57 Å². The van der Waals surface area contributed by atoms with Crippen LogP contribution in [0.1, 0.15) is 5.56 Å². The van der Waals surface area contributed by atoms with Crippen molar-refractivity contribution in [2.45, 2.75) is 6.42 Å². The molecule has 0 bridgehead atoms. The van der Waals surface area contributed by atoms with Crippen LogP contribution < -0.4 is 11.1 Å². The molecule has 0 radical (unpaired) electrons. The Morgan fingerprint density at radius 1 is 1.53 bits per heavy atom. The molecule has 0 spiro atoms. The van der Waals surface area contributed by atoms with Crippen molar-refractivity contribution in [3.8, 4) is 0 Å². The highest BCUT2D eigenvalue weighted by Crippen LogP contribution is 2.06. The minimum absolute atomic E-state index is 0.404. The lowest BCUT2D eigenvalue weighted by Crippen LogP contribution is -2.09. The standard InChI is InChI=1S/C9H13N5O/c1-14-8(10)12-13-9(14)11-4-2-7-3-5-15-6-7/h3,5-6H,2,4H2,1H3,(H2,10,12)(H,11,13). The maximum Gasteiger partial charge on any atom is 0.225 e. The summed E-state index contributed by atoms with van der Waals surface area (Å²) in [6.07, 6.45) is 4.27. The molecule has 6 nitrogen and oxygen atoms in total. The van der Waals surface area contributed by atoms with Gasteiger partial charge in [-0.15, -0.1) is 10.2 Å². The van der Waals surface area contributed by atoms with E-state index < -0.39 is 0 Å². The molecule has 0 fully saturated rings. The molecule has 80 valence electrons. The number of nitrogens with two attached hydrogens (primary N) is 1. The van der Waals surface area contributed by atoms with Crippen LogP contribution in [0, 0.1) is 0 Å². The van der Waals surface area contributed by atoms with Gasteiger partial charge in [0.15, 0.2) is 0 Å². The minimum Gasteiger partial charge on any atom is -0.472 e. The number of nitrogens with one attached hydrogen (secondary N) is 1. The van der Waals surface area contributed by atoms with Gasteiger partial charge in [-0.05, 0) is 18.1 Å². The van der Waals surface area contributed by atoms with Crippen molar-refractivity contribution in [2.24, 2.45) is 7.05 Å². The molecule has 2 aromatic rings. The number of nitrogen functional groups attached to an aromatic ring is 1. The molecule has 3 N–H and O–H groups in total. The maximum atomic E-state index is 5.54. The first-order chi connectivity index (χ1) is 7.27. The number of anilines is 2. The molecule has 15 heavy (non-hydrogen) atoms. The monoisotopic (exact) mass is 207 g/mol. The molecule has 0 aliphatic carbocycles. The Bertz CT molecular complexity index is 420. The average Bonchev–Trinajstić information content (AvgIpc) is 2.83. The van der Waals surface area contributed by atoms with Gasteiger partial charge < -0.3 is 15.5 Å². The first kappa shape index (κ1) is 9.57. The van der Waals surface area contributed by atoms with Gasteiger partial charge in [0, 0.05) is 13.6 Å². The van der Waals surface area contributed by atoms with Crippen molar-refractivity contribution in [3.63, 3.8) is 0 Å². The van der Waals surface area contributed by atoms with E-state index >= 15 is 0 Å². The van der Waals surface area contributed by atoms with E-state index in [0.29, 0.717) is 11.9 Å². The van der Waals surface area contributed by atoms with Crippen LogP contribution in [0.15, 0.2) is 23.0 Å². The van der Waals surface area contributed by atoms with Crippen molar-refractivity contribution in [1.82, 2.24) is 14.8 Å². The van der Waals surface area contributed by atoms with E-state index in [-0.39, 0.29) is 0 Å². The largest absolute Gasteiger partial charge is 0.472 e. The third-order valence-corrected chi connectivity index (χ3v) is 2.19.